The minimum absolute atomic E-state index is 0.0802. The number of hydrogen-bond donors (Lipinski definition) is 1. The van der Waals surface area contributed by atoms with Crippen LogP contribution in [-0.4, -0.2) is 26.9 Å². The number of anilines is 1. The average molecular weight is 396 g/mol. The van der Waals surface area contributed by atoms with Crippen LogP contribution in [0.25, 0.3) is 0 Å². The first-order chi connectivity index (χ1) is 12.3. The van der Waals surface area contributed by atoms with E-state index in [-0.39, 0.29) is 17.9 Å². The fourth-order valence-electron chi connectivity index (χ4n) is 2.31. The van der Waals surface area contributed by atoms with Crippen LogP contribution in [-0.2, 0) is 29.8 Å². The normalized spacial score (nSPS) is 12.2. The average Bonchev–Trinajstić information content (AvgIpc) is 2.60. The van der Waals surface area contributed by atoms with E-state index in [9.17, 15) is 18.0 Å². The van der Waals surface area contributed by atoms with Crippen LogP contribution < -0.4 is 5.32 Å². The lowest BCUT2D eigenvalue weighted by Crippen LogP contribution is -2.33. The van der Waals surface area contributed by atoms with Gasteiger partial charge in [-0.2, -0.15) is 0 Å². The molecule has 1 amide bonds. The van der Waals surface area contributed by atoms with E-state index in [0.717, 1.165) is 5.56 Å². The van der Waals surface area contributed by atoms with Gasteiger partial charge >= 0.3 is 5.97 Å². The number of carbonyl (C=O) groups is 2. The summed E-state index contributed by atoms with van der Waals surface area (Å²) in [5.41, 5.74) is 1.17. The number of benzene rings is 2. The molecule has 0 spiro atoms. The van der Waals surface area contributed by atoms with Crippen LogP contribution >= 0.6 is 10.7 Å². The minimum Gasteiger partial charge on any atom is -0.465 e. The monoisotopic (exact) mass is 395 g/mol. The van der Waals surface area contributed by atoms with Crippen molar-refractivity contribution in [2.24, 2.45) is 5.92 Å². The number of nitrogens with one attached hydrogen (secondary N) is 1. The maximum absolute atomic E-state index is 12.6. The number of hydrogen-bond acceptors (Lipinski definition) is 5. The van der Waals surface area contributed by atoms with E-state index >= 15 is 0 Å². The van der Waals surface area contributed by atoms with E-state index in [2.05, 4.69) is 5.32 Å². The van der Waals surface area contributed by atoms with E-state index in [1.807, 2.05) is 30.3 Å². The van der Waals surface area contributed by atoms with Crippen LogP contribution in [0.4, 0.5) is 5.69 Å². The van der Waals surface area contributed by atoms with E-state index in [1.165, 1.54) is 24.3 Å². The van der Waals surface area contributed by atoms with Gasteiger partial charge in [0.25, 0.3) is 9.05 Å². The second-order valence-corrected chi connectivity index (χ2v) is 8.01. The minimum atomic E-state index is -3.84. The fraction of sp³-hybridized carbons (Fsp3) is 0.222. The molecule has 1 unspecified atom stereocenters. The Morgan fingerprint density at radius 2 is 1.69 bits per heavy atom. The Morgan fingerprint density at radius 3 is 2.23 bits per heavy atom. The molecule has 0 saturated heterocycles. The molecule has 0 aromatic heterocycles. The van der Waals surface area contributed by atoms with Gasteiger partial charge in [0.1, 0.15) is 5.92 Å². The van der Waals surface area contributed by atoms with Gasteiger partial charge in [-0.25, -0.2) is 8.42 Å². The van der Waals surface area contributed by atoms with E-state index in [4.69, 9.17) is 15.4 Å². The number of carbonyl (C=O) groups excluding carboxylic acids is 2. The highest BCUT2D eigenvalue weighted by atomic mass is 35.7. The molecular weight excluding hydrogens is 378 g/mol. The summed E-state index contributed by atoms with van der Waals surface area (Å²) in [6.07, 6.45) is 0.194. The van der Waals surface area contributed by atoms with Gasteiger partial charge in [0, 0.05) is 16.4 Å². The smallest absolute Gasteiger partial charge is 0.318 e. The summed E-state index contributed by atoms with van der Waals surface area (Å²) in [6, 6.07) is 14.5. The highest BCUT2D eigenvalue weighted by Gasteiger charge is 2.28. The molecule has 8 heteroatoms. The maximum Gasteiger partial charge on any atom is 0.318 e. The van der Waals surface area contributed by atoms with Gasteiger partial charge in [-0.1, -0.05) is 30.3 Å². The molecular formula is C18H18ClNO5S. The molecule has 0 heterocycles. The molecule has 6 nitrogen and oxygen atoms in total. The third-order valence-electron chi connectivity index (χ3n) is 3.57. The zero-order valence-electron chi connectivity index (χ0n) is 14.0. The van der Waals surface area contributed by atoms with Crippen LogP contribution in [0.1, 0.15) is 12.5 Å². The molecule has 2 aromatic carbocycles. The van der Waals surface area contributed by atoms with Crippen molar-refractivity contribution in [3.05, 3.63) is 60.2 Å². The van der Waals surface area contributed by atoms with Crippen molar-refractivity contribution in [3.63, 3.8) is 0 Å². The first-order valence-electron chi connectivity index (χ1n) is 7.87. The molecule has 0 radical (unpaired) electrons. The topological polar surface area (TPSA) is 89.5 Å². The summed E-state index contributed by atoms with van der Waals surface area (Å²) < 4.78 is 27.5. The molecule has 26 heavy (non-hydrogen) atoms. The quantitative estimate of drug-likeness (QED) is 0.442. The molecule has 0 fully saturated rings. The summed E-state index contributed by atoms with van der Waals surface area (Å²) in [5.74, 6) is -2.17. The van der Waals surface area contributed by atoms with Crippen LogP contribution in [0.2, 0.25) is 0 Å². The van der Waals surface area contributed by atoms with Crippen LogP contribution in [0.15, 0.2) is 59.5 Å². The Labute approximate surface area is 156 Å². The van der Waals surface area contributed by atoms with Crippen molar-refractivity contribution < 1.29 is 22.7 Å². The third kappa shape index (κ3) is 5.57. The van der Waals surface area contributed by atoms with Gasteiger partial charge in [-0.15, -0.1) is 0 Å². The van der Waals surface area contributed by atoms with Crippen molar-refractivity contribution in [3.8, 4) is 0 Å². The number of amides is 1. The lowest BCUT2D eigenvalue weighted by Gasteiger charge is -2.16. The Balaban J connectivity index is 2.16. The first-order valence-corrected chi connectivity index (χ1v) is 10.2. The van der Waals surface area contributed by atoms with E-state index in [1.54, 1.807) is 6.92 Å². The zero-order chi connectivity index (χ0) is 19.2. The standard InChI is InChI=1S/C18H18ClNO5S/c1-2-25-18(22)16(12-13-6-4-3-5-7-13)17(21)20-14-8-10-15(11-9-14)26(19,23)24/h3-11,16H,2,12H2,1H3,(H,20,21). The number of esters is 1. The molecule has 2 aromatic rings. The molecule has 2 rings (SSSR count). The highest BCUT2D eigenvalue weighted by Crippen LogP contribution is 2.19. The van der Waals surface area contributed by atoms with Gasteiger partial charge in [-0.05, 0) is 43.2 Å². The largest absolute Gasteiger partial charge is 0.465 e. The van der Waals surface area contributed by atoms with Gasteiger partial charge in [0.15, 0.2) is 0 Å². The van der Waals surface area contributed by atoms with E-state index < -0.39 is 26.8 Å². The summed E-state index contributed by atoms with van der Waals surface area (Å²) >= 11 is 0. The SMILES string of the molecule is CCOC(=O)C(Cc1ccccc1)C(=O)Nc1ccc(S(=O)(=O)Cl)cc1. The van der Waals surface area contributed by atoms with Crippen LogP contribution in [0, 0.1) is 5.92 Å². The van der Waals surface area contributed by atoms with Crippen molar-refractivity contribution in [1.82, 2.24) is 0 Å². The molecule has 0 saturated carbocycles. The second-order valence-electron chi connectivity index (χ2n) is 5.45. The summed E-state index contributed by atoms with van der Waals surface area (Å²) in [5, 5.41) is 2.60. The summed E-state index contributed by atoms with van der Waals surface area (Å²) in [4.78, 5) is 24.7. The molecule has 1 atom stereocenters. The van der Waals surface area contributed by atoms with Crippen LogP contribution in [0.3, 0.4) is 0 Å². The molecule has 0 aliphatic heterocycles. The maximum atomic E-state index is 12.6. The highest BCUT2D eigenvalue weighted by molar-refractivity contribution is 8.13. The van der Waals surface area contributed by atoms with Crippen molar-refractivity contribution in [2.45, 2.75) is 18.2 Å². The summed E-state index contributed by atoms with van der Waals surface area (Å²) in [6.45, 7) is 1.83. The van der Waals surface area contributed by atoms with Crippen molar-refractivity contribution in [2.75, 3.05) is 11.9 Å². The lowest BCUT2D eigenvalue weighted by molar-refractivity contribution is -0.150. The molecule has 0 bridgehead atoms. The Hall–Kier alpha value is -2.38. The van der Waals surface area contributed by atoms with Crippen LogP contribution in [0.5, 0.6) is 0 Å². The molecule has 0 aliphatic rings. The Morgan fingerprint density at radius 1 is 1.08 bits per heavy atom. The van der Waals surface area contributed by atoms with Gasteiger partial charge in [0.2, 0.25) is 5.91 Å². The Bertz CT molecular complexity index is 866. The summed E-state index contributed by atoms with van der Waals surface area (Å²) in [7, 11) is 1.42. The van der Waals surface area contributed by atoms with Crippen molar-refractivity contribution >= 4 is 37.3 Å². The van der Waals surface area contributed by atoms with E-state index in [0.29, 0.717) is 5.69 Å². The van der Waals surface area contributed by atoms with Gasteiger partial charge < -0.3 is 10.1 Å². The Kier molecular flexibility index (Phi) is 6.76. The zero-order valence-corrected chi connectivity index (χ0v) is 15.6. The number of rotatable bonds is 7. The van der Waals surface area contributed by atoms with Crippen molar-refractivity contribution in [1.29, 1.82) is 0 Å². The predicted molar refractivity (Wildman–Crippen MR) is 98.4 cm³/mol. The molecule has 138 valence electrons. The fourth-order valence-corrected chi connectivity index (χ4v) is 3.08. The second kappa shape index (κ2) is 8.82. The first kappa shape index (κ1) is 19.9. The number of halogens is 1. The number of ether oxygens (including phenoxy) is 1. The van der Waals surface area contributed by atoms with Gasteiger partial charge in [0.05, 0.1) is 11.5 Å². The molecule has 1 N–H and O–H groups in total. The molecule has 0 aliphatic carbocycles. The predicted octanol–water partition coefficient (Wildman–Crippen LogP) is 2.97. The third-order valence-corrected chi connectivity index (χ3v) is 4.94. The van der Waals surface area contributed by atoms with Gasteiger partial charge in [-0.3, -0.25) is 9.59 Å². The lowest BCUT2D eigenvalue weighted by atomic mass is 9.98.